The minimum atomic E-state index is -0.0136. The van der Waals surface area contributed by atoms with Crippen LogP contribution in [0.4, 0.5) is 0 Å². The molecule has 0 bridgehead atoms. The van der Waals surface area contributed by atoms with E-state index in [0.717, 1.165) is 36.5 Å². The minimum absolute atomic E-state index is 0.0136. The van der Waals surface area contributed by atoms with Gasteiger partial charge in [0.25, 0.3) is 5.91 Å². The van der Waals surface area contributed by atoms with Gasteiger partial charge in [-0.3, -0.25) is 4.79 Å². The van der Waals surface area contributed by atoms with Crippen LogP contribution in [0, 0.1) is 6.92 Å². The van der Waals surface area contributed by atoms with Crippen molar-refractivity contribution in [3.8, 4) is 0 Å². The first-order chi connectivity index (χ1) is 9.52. The lowest BCUT2D eigenvalue weighted by Gasteiger charge is -2.29. The summed E-state index contributed by atoms with van der Waals surface area (Å²) in [5.41, 5.74) is 7.85. The molecule has 3 N–H and O–H groups in total. The Morgan fingerprint density at radius 1 is 1.60 bits per heavy atom. The highest BCUT2D eigenvalue weighted by atomic mass is 32.2. The van der Waals surface area contributed by atoms with E-state index in [0.29, 0.717) is 12.2 Å². The summed E-state index contributed by atoms with van der Waals surface area (Å²) in [5, 5.41) is 2.85. The molecule has 0 spiro atoms. The number of nitrogens with zero attached hydrogens (tertiary/aromatic N) is 2. The monoisotopic (exact) mass is 296 g/mol. The third kappa shape index (κ3) is 3.37. The van der Waals surface area contributed by atoms with Crippen LogP contribution in [0.5, 0.6) is 0 Å². The molecule has 1 fully saturated rings. The number of hydrogen-bond donors (Lipinski definition) is 2. The van der Waals surface area contributed by atoms with E-state index in [9.17, 15) is 4.79 Å². The predicted octanol–water partition coefficient (Wildman–Crippen LogP) is 1.51. The fraction of sp³-hybridized carbons (Fsp3) is 0.643. The first-order valence-electron chi connectivity index (χ1n) is 7.16. The van der Waals surface area contributed by atoms with Crippen LogP contribution in [0.25, 0.3) is 0 Å². The van der Waals surface area contributed by atoms with Gasteiger partial charge in [0.1, 0.15) is 5.69 Å². The number of carbonyl (C=O) groups excluding carboxylic acids is 1. The number of carbonyl (C=O) groups is 1. The summed E-state index contributed by atoms with van der Waals surface area (Å²) in [7, 11) is 1.94. The zero-order chi connectivity index (χ0) is 14.7. The summed E-state index contributed by atoms with van der Waals surface area (Å²) in [4.78, 5) is 13.1. The maximum atomic E-state index is 12.0. The molecule has 2 heterocycles. The fourth-order valence-corrected chi connectivity index (χ4v) is 3.63. The van der Waals surface area contributed by atoms with Crippen molar-refractivity contribution in [3.63, 3.8) is 0 Å². The molecule has 0 radical (unpaired) electrons. The average Bonchev–Trinajstić information content (AvgIpc) is 2.68. The highest BCUT2D eigenvalue weighted by molar-refractivity contribution is 7.97. The summed E-state index contributed by atoms with van der Waals surface area (Å²) in [5.74, 6) is -0.0136. The van der Waals surface area contributed by atoms with Crippen molar-refractivity contribution in [2.75, 3.05) is 19.6 Å². The molecule has 20 heavy (non-hydrogen) atoms. The van der Waals surface area contributed by atoms with Crippen LogP contribution in [0.1, 0.15) is 35.9 Å². The van der Waals surface area contributed by atoms with Gasteiger partial charge in [0.2, 0.25) is 0 Å². The van der Waals surface area contributed by atoms with Crippen molar-refractivity contribution in [1.29, 1.82) is 0 Å². The van der Waals surface area contributed by atoms with E-state index in [1.54, 1.807) is 11.9 Å². The van der Waals surface area contributed by atoms with Crippen LogP contribution in [0.3, 0.4) is 0 Å². The second kappa shape index (κ2) is 6.65. The summed E-state index contributed by atoms with van der Waals surface area (Å²) < 4.78 is 4.26. The van der Waals surface area contributed by atoms with Gasteiger partial charge in [-0.15, -0.1) is 0 Å². The molecule has 1 aliphatic heterocycles. The van der Waals surface area contributed by atoms with Crippen molar-refractivity contribution in [1.82, 2.24) is 14.2 Å². The zero-order valence-corrected chi connectivity index (χ0v) is 13.3. The van der Waals surface area contributed by atoms with Crippen LogP contribution in [0.2, 0.25) is 0 Å². The van der Waals surface area contributed by atoms with Gasteiger partial charge >= 0.3 is 0 Å². The highest BCUT2D eigenvalue weighted by Crippen LogP contribution is 2.30. The number of piperidine rings is 1. The third-order valence-electron chi connectivity index (χ3n) is 3.71. The number of amides is 1. The molecule has 1 aromatic rings. The van der Waals surface area contributed by atoms with E-state index in [4.69, 9.17) is 5.73 Å². The van der Waals surface area contributed by atoms with E-state index in [2.05, 4.69) is 16.5 Å². The van der Waals surface area contributed by atoms with Gasteiger partial charge in [-0.1, -0.05) is 0 Å². The third-order valence-corrected chi connectivity index (χ3v) is 4.91. The number of nitrogens with two attached hydrogens (primary N) is 1. The largest absolute Gasteiger partial charge is 0.351 e. The molecule has 0 saturated carbocycles. The molecular formula is C14H24N4OS. The SMILES string of the molecule is CCNC(=O)c1cc(SN2CCCC(N)C2)c(C)n1C. The van der Waals surface area contributed by atoms with Crippen molar-refractivity contribution >= 4 is 17.9 Å². The van der Waals surface area contributed by atoms with Crippen LogP contribution >= 0.6 is 11.9 Å². The van der Waals surface area contributed by atoms with Gasteiger partial charge in [0, 0.05) is 43.3 Å². The molecule has 0 aliphatic carbocycles. The molecule has 2 rings (SSSR count). The van der Waals surface area contributed by atoms with Crippen molar-refractivity contribution in [3.05, 3.63) is 17.5 Å². The molecule has 1 amide bonds. The smallest absolute Gasteiger partial charge is 0.267 e. The topological polar surface area (TPSA) is 63.3 Å². The van der Waals surface area contributed by atoms with E-state index in [-0.39, 0.29) is 11.9 Å². The van der Waals surface area contributed by atoms with Gasteiger partial charge in [-0.25, -0.2) is 4.31 Å². The first kappa shape index (κ1) is 15.4. The second-order valence-electron chi connectivity index (χ2n) is 5.28. The van der Waals surface area contributed by atoms with Crippen molar-refractivity contribution in [2.45, 2.75) is 37.6 Å². The summed E-state index contributed by atoms with van der Waals surface area (Å²) in [6.45, 7) is 6.60. The average molecular weight is 296 g/mol. The van der Waals surface area contributed by atoms with E-state index < -0.39 is 0 Å². The Hall–Kier alpha value is -0.980. The molecule has 5 nitrogen and oxygen atoms in total. The van der Waals surface area contributed by atoms with Crippen molar-refractivity contribution < 1.29 is 4.79 Å². The summed E-state index contributed by atoms with van der Waals surface area (Å²) in [6, 6.07) is 2.24. The molecule has 112 valence electrons. The van der Waals surface area contributed by atoms with Crippen LogP contribution < -0.4 is 11.1 Å². The Balaban J connectivity index is 2.12. The Kier molecular flexibility index (Phi) is 5.12. The van der Waals surface area contributed by atoms with Crippen LogP contribution in [-0.2, 0) is 7.05 Å². The van der Waals surface area contributed by atoms with Gasteiger partial charge in [-0.05, 0) is 44.7 Å². The molecule has 1 aliphatic rings. The Bertz CT molecular complexity index is 486. The number of nitrogens with one attached hydrogen (secondary N) is 1. The number of rotatable bonds is 4. The Morgan fingerprint density at radius 3 is 3.00 bits per heavy atom. The maximum Gasteiger partial charge on any atom is 0.267 e. The quantitative estimate of drug-likeness (QED) is 0.827. The van der Waals surface area contributed by atoms with Gasteiger partial charge in [0.05, 0.1) is 0 Å². The van der Waals surface area contributed by atoms with Crippen LogP contribution in [0.15, 0.2) is 11.0 Å². The Labute approximate surface area is 125 Å². The molecule has 0 aromatic carbocycles. The minimum Gasteiger partial charge on any atom is -0.351 e. The molecule has 1 atom stereocenters. The van der Waals surface area contributed by atoms with E-state index in [1.807, 2.05) is 24.6 Å². The molecule has 6 heteroatoms. The van der Waals surface area contributed by atoms with Gasteiger partial charge in [0.15, 0.2) is 0 Å². The van der Waals surface area contributed by atoms with Gasteiger partial charge < -0.3 is 15.6 Å². The zero-order valence-electron chi connectivity index (χ0n) is 12.5. The maximum absolute atomic E-state index is 12.0. The number of aromatic nitrogens is 1. The Morgan fingerprint density at radius 2 is 2.35 bits per heavy atom. The second-order valence-corrected chi connectivity index (χ2v) is 6.42. The molecular weight excluding hydrogens is 272 g/mol. The molecule has 1 aromatic heterocycles. The molecule has 1 unspecified atom stereocenters. The first-order valence-corrected chi connectivity index (χ1v) is 7.93. The highest BCUT2D eigenvalue weighted by Gasteiger charge is 2.21. The molecule has 1 saturated heterocycles. The van der Waals surface area contributed by atoms with E-state index >= 15 is 0 Å². The van der Waals surface area contributed by atoms with Crippen molar-refractivity contribution in [2.24, 2.45) is 12.8 Å². The lowest BCUT2D eigenvalue weighted by molar-refractivity contribution is 0.0947. The fourth-order valence-electron chi connectivity index (χ4n) is 2.43. The van der Waals surface area contributed by atoms with Gasteiger partial charge in [-0.2, -0.15) is 0 Å². The lowest BCUT2D eigenvalue weighted by Crippen LogP contribution is -2.39. The van der Waals surface area contributed by atoms with Crippen LogP contribution in [-0.4, -0.2) is 40.5 Å². The lowest BCUT2D eigenvalue weighted by atomic mass is 10.1. The van der Waals surface area contributed by atoms with E-state index in [1.165, 1.54) is 0 Å². The summed E-state index contributed by atoms with van der Waals surface area (Å²) >= 11 is 1.72. The summed E-state index contributed by atoms with van der Waals surface area (Å²) in [6.07, 6.45) is 2.25. The standard InChI is InChI=1S/C14H24N4OS/c1-4-16-14(19)12-8-13(10(2)17(12)3)20-18-7-5-6-11(15)9-18/h8,11H,4-7,9,15H2,1-3H3,(H,16,19). The number of hydrogen-bond acceptors (Lipinski definition) is 4. The predicted molar refractivity (Wildman–Crippen MR) is 82.8 cm³/mol. The normalized spacial score (nSPS) is 20.1.